The number of oxime groups is 1. The molecule has 176 valence electrons. The fraction of sp³-hybridized carbons (Fsp3) is 0.286. The molecule has 0 aromatic heterocycles. The van der Waals surface area contributed by atoms with Gasteiger partial charge < -0.3 is 20.0 Å². The minimum Gasteiger partial charge on any atom is -0.390 e. The highest BCUT2D eigenvalue weighted by Crippen LogP contribution is 2.21. The molecule has 1 atom stereocenters. The summed E-state index contributed by atoms with van der Waals surface area (Å²) in [6.45, 7) is 3.04. The number of carbonyl (C=O) groups excluding carboxylic acids is 1. The fourth-order valence-corrected chi connectivity index (χ4v) is 3.99. The van der Waals surface area contributed by atoms with Crippen molar-refractivity contribution in [3.63, 3.8) is 0 Å². The highest BCUT2D eigenvalue weighted by molar-refractivity contribution is 6.01. The zero-order valence-corrected chi connectivity index (χ0v) is 20.1. The Morgan fingerprint density at radius 2 is 1.74 bits per heavy atom. The second-order valence-corrected chi connectivity index (χ2v) is 8.76. The van der Waals surface area contributed by atoms with Gasteiger partial charge >= 0.3 is 6.03 Å². The highest BCUT2D eigenvalue weighted by Gasteiger charge is 2.27. The van der Waals surface area contributed by atoms with Gasteiger partial charge in [0.1, 0.15) is 0 Å². The van der Waals surface area contributed by atoms with Gasteiger partial charge in [0, 0.05) is 38.4 Å². The number of rotatable bonds is 8. The van der Waals surface area contributed by atoms with E-state index < -0.39 is 0 Å². The zero-order chi connectivity index (χ0) is 23.9. The lowest BCUT2D eigenvalue weighted by Gasteiger charge is -2.25. The van der Waals surface area contributed by atoms with Crippen LogP contribution in [0.2, 0.25) is 0 Å². The normalized spacial score (nSPS) is 14.8. The van der Waals surface area contributed by atoms with Crippen LogP contribution in [0.1, 0.15) is 30.0 Å². The van der Waals surface area contributed by atoms with Gasteiger partial charge in [-0.1, -0.05) is 66.7 Å². The lowest BCUT2D eigenvalue weighted by molar-refractivity contribution is 0.0608. The van der Waals surface area contributed by atoms with Crippen molar-refractivity contribution < 1.29 is 9.63 Å². The first-order valence-corrected chi connectivity index (χ1v) is 11.7. The molecule has 4 rings (SSSR count). The van der Waals surface area contributed by atoms with Crippen LogP contribution in [0.3, 0.4) is 0 Å². The van der Waals surface area contributed by atoms with Crippen LogP contribution < -0.4 is 10.2 Å². The molecule has 1 unspecified atom stereocenters. The maximum atomic E-state index is 13.3. The summed E-state index contributed by atoms with van der Waals surface area (Å²) in [6, 6.07) is 26.1. The van der Waals surface area contributed by atoms with Gasteiger partial charge in [0.05, 0.1) is 12.3 Å². The third-order valence-corrected chi connectivity index (χ3v) is 5.96. The summed E-state index contributed by atoms with van der Waals surface area (Å²) in [5.74, 6) is 0. The third kappa shape index (κ3) is 5.95. The van der Waals surface area contributed by atoms with Crippen LogP contribution in [0, 0.1) is 0 Å². The van der Waals surface area contributed by atoms with Crippen LogP contribution in [0.15, 0.2) is 84.0 Å². The number of nitrogens with one attached hydrogen (secondary N) is 1. The summed E-state index contributed by atoms with van der Waals surface area (Å²) in [5, 5.41) is 7.39. The molecule has 0 saturated heterocycles. The van der Waals surface area contributed by atoms with Crippen molar-refractivity contribution in [3.8, 4) is 0 Å². The maximum Gasteiger partial charge on any atom is 0.322 e. The van der Waals surface area contributed by atoms with Crippen LogP contribution in [-0.4, -0.2) is 43.4 Å². The van der Waals surface area contributed by atoms with E-state index in [0.29, 0.717) is 19.5 Å². The molecule has 2 amide bonds. The van der Waals surface area contributed by atoms with Gasteiger partial charge in [-0.2, -0.15) is 0 Å². The molecule has 1 aliphatic heterocycles. The Morgan fingerprint density at radius 3 is 2.44 bits per heavy atom. The Morgan fingerprint density at radius 1 is 1.00 bits per heavy atom. The molecule has 1 N–H and O–H groups in total. The molecule has 3 aromatic carbocycles. The van der Waals surface area contributed by atoms with E-state index in [1.54, 1.807) is 4.90 Å². The second-order valence-electron chi connectivity index (χ2n) is 8.76. The summed E-state index contributed by atoms with van der Waals surface area (Å²) < 4.78 is 0. The Hall–Kier alpha value is -3.80. The number of carbonyl (C=O) groups is 1. The van der Waals surface area contributed by atoms with Gasteiger partial charge in [-0.15, -0.1) is 0 Å². The number of amides is 2. The van der Waals surface area contributed by atoms with Crippen molar-refractivity contribution in [1.82, 2.24) is 4.90 Å². The van der Waals surface area contributed by atoms with Gasteiger partial charge in [0.15, 0.2) is 6.10 Å². The van der Waals surface area contributed by atoms with E-state index in [1.807, 2.05) is 62.6 Å². The average molecular weight is 457 g/mol. The number of benzene rings is 3. The smallest absolute Gasteiger partial charge is 0.322 e. The Bertz CT molecular complexity index is 1130. The maximum absolute atomic E-state index is 13.3. The first-order valence-electron chi connectivity index (χ1n) is 11.7. The lowest BCUT2D eigenvalue weighted by Crippen LogP contribution is -2.40. The molecule has 6 heteroatoms. The molecule has 34 heavy (non-hydrogen) atoms. The van der Waals surface area contributed by atoms with Gasteiger partial charge in [0.25, 0.3) is 0 Å². The summed E-state index contributed by atoms with van der Waals surface area (Å²) in [4.78, 5) is 22.9. The Balaban J connectivity index is 1.44. The minimum absolute atomic E-state index is 0.149. The van der Waals surface area contributed by atoms with Crippen molar-refractivity contribution in [3.05, 3.63) is 95.6 Å². The van der Waals surface area contributed by atoms with Crippen LogP contribution in [-0.2, 0) is 17.8 Å². The molecular formula is C28H32N4O2. The van der Waals surface area contributed by atoms with E-state index in [0.717, 1.165) is 34.6 Å². The molecule has 0 saturated carbocycles. The molecule has 3 aromatic rings. The van der Waals surface area contributed by atoms with E-state index in [2.05, 4.69) is 52.6 Å². The number of hydrogen-bond donors (Lipinski definition) is 1. The van der Waals surface area contributed by atoms with Crippen molar-refractivity contribution in [2.75, 3.05) is 30.9 Å². The Kier molecular flexibility index (Phi) is 7.48. The van der Waals surface area contributed by atoms with Crippen molar-refractivity contribution in [2.24, 2.45) is 5.16 Å². The largest absolute Gasteiger partial charge is 0.390 e. The highest BCUT2D eigenvalue weighted by atomic mass is 16.6. The monoisotopic (exact) mass is 456 g/mol. The third-order valence-electron chi connectivity index (χ3n) is 5.96. The van der Waals surface area contributed by atoms with Crippen molar-refractivity contribution >= 4 is 23.1 Å². The second kappa shape index (κ2) is 10.9. The molecule has 1 heterocycles. The van der Waals surface area contributed by atoms with Crippen molar-refractivity contribution in [2.45, 2.75) is 32.4 Å². The molecular weight excluding hydrogens is 424 g/mol. The summed E-state index contributed by atoms with van der Waals surface area (Å²) in [5.41, 5.74) is 6.14. The first-order chi connectivity index (χ1) is 16.5. The summed E-state index contributed by atoms with van der Waals surface area (Å²) >= 11 is 0. The average Bonchev–Trinajstić information content (AvgIpc) is 3.33. The topological polar surface area (TPSA) is 57.2 Å². The first kappa shape index (κ1) is 23.4. The number of urea groups is 1. The van der Waals surface area contributed by atoms with E-state index in [1.165, 1.54) is 5.56 Å². The van der Waals surface area contributed by atoms with E-state index >= 15 is 0 Å². The molecule has 1 aliphatic rings. The van der Waals surface area contributed by atoms with Crippen LogP contribution in [0.25, 0.3) is 0 Å². The van der Waals surface area contributed by atoms with Gasteiger partial charge in [-0.05, 0) is 47.4 Å². The number of anilines is 2. The molecule has 0 aliphatic carbocycles. The quantitative estimate of drug-likeness (QED) is 0.484. The predicted octanol–water partition coefficient (Wildman–Crippen LogP) is 5.54. The summed E-state index contributed by atoms with van der Waals surface area (Å²) in [6.07, 6.45) is 1.38. The molecule has 0 spiro atoms. The SMILES string of the molecule is CCc1cccc(NC(=O)N(Cc2ccccc2)CC2CC(c3ccc(N(C)C)cc3)=NO2)c1. The standard InChI is InChI=1S/C28H32N4O2/c1-4-21-11-8-12-24(17-21)29-28(33)32(19-22-9-6-5-7-10-22)20-26-18-27(30-34-26)23-13-15-25(16-14-23)31(2)3/h5-17,26H,4,18-20H2,1-3H3,(H,29,33). The fourth-order valence-electron chi connectivity index (χ4n) is 3.99. The minimum atomic E-state index is -0.194. The van der Waals surface area contributed by atoms with Gasteiger partial charge in [-0.3, -0.25) is 0 Å². The zero-order valence-electron chi connectivity index (χ0n) is 20.1. The number of hydrogen-bond acceptors (Lipinski definition) is 4. The molecule has 6 nitrogen and oxygen atoms in total. The van der Waals surface area contributed by atoms with Gasteiger partial charge in [-0.25, -0.2) is 4.79 Å². The van der Waals surface area contributed by atoms with Crippen LogP contribution in [0.5, 0.6) is 0 Å². The molecule has 0 fully saturated rings. The van der Waals surface area contributed by atoms with E-state index in [-0.39, 0.29) is 12.1 Å². The van der Waals surface area contributed by atoms with Crippen molar-refractivity contribution in [1.29, 1.82) is 0 Å². The number of aryl methyl sites for hydroxylation is 1. The van der Waals surface area contributed by atoms with Crippen LogP contribution >= 0.6 is 0 Å². The molecule has 0 bridgehead atoms. The van der Waals surface area contributed by atoms with Crippen LogP contribution in [0.4, 0.5) is 16.2 Å². The number of nitrogens with zero attached hydrogens (tertiary/aromatic N) is 3. The van der Waals surface area contributed by atoms with Gasteiger partial charge in [0.2, 0.25) is 0 Å². The van der Waals surface area contributed by atoms with E-state index in [4.69, 9.17) is 4.84 Å². The Labute approximate surface area is 201 Å². The predicted molar refractivity (Wildman–Crippen MR) is 138 cm³/mol. The lowest BCUT2D eigenvalue weighted by atomic mass is 10.0. The molecule has 0 radical (unpaired) electrons. The van der Waals surface area contributed by atoms with E-state index in [9.17, 15) is 4.79 Å². The summed E-state index contributed by atoms with van der Waals surface area (Å²) in [7, 11) is 4.04.